The van der Waals surface area contributed by atoms with Crippen molar-refractivity contribution in [3.8, 4) is 10.6 Å². The summed E-state index contributed by atoms with van der Waals surface area (Å²) >= 11 is 1.53. The van der Waals surface area contributed by atoms with E-state index >= 15 is 0 Å². The zero-order valence-corrected chi connectivity index (χ0v) is 17.6. The van der Waals surface area contributed by atoms with Gasteiger partial charge in [-0.05, 0) is 61.6 Å². The molecule has 0 aliphatic carbocycles. The Kier molecular flexibility index (Phi) is 5.40. The number of hydrogen-bond acceptors (Lipinski definition) is 4. The largest absolute Gasteiger partial charge is 0.416 e. The van der Waals surface area contributed by atoms with Crippen molar-refractivity contribution in [2.24, 2.45) is 0 Å². The molecular weight excluding hydrogens is 409 g/mol. The van der Waals surface area contributed by atoms with Gasteiger partial charge in [0.15, 0.2) is 5.58 Å². The van der Waals surface area contributed by atoms with Crippen LogP contribution in [0.4, 0.5) is 13.2 Å². The molecule has 1 radical (unpaired) electrons. The van der Waals surface area contributed by atoms with Gasteiger partial charge in [-0.15, -0.1) is 11.3 Å². The number of alkyl halides is 3. The minimum atomic E-state index is -4.34. The average Bonchev–Trinajstić information content (AvgIpc) is 3.30. The number of rotatable bonds is 5. The van der Waals surface area contributed by atoms with E-state index in [1.165, 1.54) is 23.5 Å². The van der Waals surface area contributed by atoms with Crippen molar-refractivity contribution in [3.63, 3.8) is 0 Å². The normalized spacial score (nSPS) is 12.2. The smallest absolute Gasteiger partial charge is 0.356 e. The number of hydrogen-bond donors (Lipinski definition) is 0. The molecule has 3 nitrogen and oxygen atoms in total. The highest BCUT2D eigenvalue weighted by atomic mass is 32.1. The fourth-order valence-corrected chi connectivity index (χ4v) is 4.59. The van der Waals surface area contributed by atoms with E-state index < -0.39 is 11.7 Å². The molecule has 2 aromatic heterocycles. The van der Waals surface area contributed by atoms with E-state index in [-0.39, 0.29) is 5.92 Å². The van der Waals surface area contributed by atoms with Gasteiger partial charge in [-0.25, -0.2) is 4.98 Å². The third kappa shape index (κ3) is 4.12. The summed E-state index contributed by atoms with van der Waals surface area (Å²) in [6.45, 7) is 6.12. The van der Waals surface area contributed by atoms with Crippen LogP contribution in [0.5, 0.6) is 0 Å². The van der Waals surface area contributed by atoms with Crippen molar-refractivity contribution in [2.75, 3.05) is 0 Å². The molecule has 4 aromatic rings. The minimum Gasteiger partial charge on any atom is -0.356 e. The van der Waals surface area contributed by atoms with Crippen LogP contribution in [0.15, 0.2) is 40.9 Å². The molecule has 0 aliphatic rings. The molecule has 30 heavy (non-hydrogen) atoms. The molecule has 2 aromatic carbocycles. The van der Waals surface area contributed by atoms with Crippen LogP contribution in [0, 0.1) is 13.0 Å². The van der Waals surface area contributed by atoms with Gasteiger partial charge < -0.3 is 4.52 Å². The van der Waals surface area contributed by atoms with Gasteiger partial charge in [0.1, 0.15) is 5.01 Å². The highest BCUT2D eigenvalue weighted by Gasteiger charge is 2.30. The summed E-state index contributed by atoms with van der Waals surface area (Å²) in [5.41, 5.74) is 3.65. The van der Waals surface area contributed by atoms with E-state index in [1.54, 1.807) is 6.07 Å². The number of benzene rings is 2. The van der Waals surface area contributed by atoms with Gasteiger partial charge in [0, 0.05) is 15.8 Å². The lowest BCUT2D eigenvalue weighted by molar-refractivity contribution is -0.137. The summed E-state index contributed by atoms with van der Waals surface area (Å²) < 4.78 is 43.9. The third-order valence-corrected chi connectivity index (χ3v) is 6.12. The van der Waals surface area contributed by atoms with Crippen LogP contribution < -0.4 is 0 Å². The van der Waals surface area contributed by atoms with E-state index in [4.69, 9.17) is 9.51 Å². The van der Waals surface area contributed by atoms with Crippen molar-refractivity contribution < 1.29 is 17.7 Å². The summed E-state index contributed by atoms with van der Waals surface area (Å²) in [6.07, 6.45) is -2.90. The van der Waals surface area contributed by atoms with Gasteiger partial charge in [-0.2, -0.15) is 13.2 Å². The molecule has 0 saturated carbocycles. The van der Waals surface area contributed by atoms with Crippen molar-refractivity contribution >= 4 is 22.3 Å². The molecule has 0 amide bonds. The maximum absolute atomic E-state index is 12.8. The minimum absolute atomic E-state index is 0.213. The Morgan fingerprint density at radius 2 is 1.87 bits per heavy atom. The zero-order chi connectivity index (χ0) is 21.5. The first-order valence-corrected chi connectivity index (χ1v) is 10.5. The predicted octanol–water partition coefficient (Wildman–Crippen LogP) is 6.99. The number of nitrogens with zero attached hydrogens (tertiary/aromatic N) is 2. The lowest BCUT2D eigenvalue weighted by atomic mass is 10.0. The Balaban J connectivity index is 1.60. The average molecular weight is 429 g/mol. The van der Waals surface area contributed by atoms with Crippen LogP contribution in [0.1, 0.15) is 47.2 Å². The summed E-state index contributed by atoms with van der Waals surface area (Å²) in [4.78, 5) is 5.86. The zero-order valence-electron chi connectivity index (χ0n) is 16.8. The first-order chi connectivity index (χ1) is 14.2. The molecule has 0 fully saturated rings. The molecule has 0 bridgehead atoms. The molecule has 0 N–H and O–H groups in total. The van der Waals surface area contributed by atoms with Gasteiger partial charge in [0.25, 0.3) is 0 Å². The quantitative estimate of drug-likeness (QED) is 0.343. The summed E-state index contributed by atoms with van der Waals surface area (Å²) in [5.74, 6) is 0.213. The topological polar surface area (TPSA) is 38.9 Å². The highest BCUT2D eigenvalue weighted by Crippen LogP contribution is 2.35. The lowest BCUT2D eigenvalue weighted by Crippen LogP contribution is -2.03. The Morgan fingerprint density at radius 1 is 1.13 bits per heavy atom. The Hall–Kier alpha value is -2.67. The molecule has 2 heterocycles. The van der Waals surface area contributed by atoms with Crippen LogP contribution in [0.3, 0.4) is 0 Å². The molecule has 0 atom stereocenters. The van der Waals surface area contributed by atoms with Crippen LogP contribution in [-0.4, -0.2) is 10.1 Å². The Bertz CT molecular complexity index is 1170. The first kappa shape index (κ1) is 20.6. The van der Waals surface area contributed by atoms with E-state index in [2.05, 4.69) is 25.1 Å². The Morgan fingerprint density at radius 3 is 2.53 bits per heavy atom. The highest BCUT2D eigenvalue weighted by molar-refractivity contribution is 7.15. The van der Waals surface area contributed by atoms with Crippen molar-refractivity contribution in [2.45, 2.75) is 45.7 Å². The molecule has 0 unspecified atom stereocenters. The van der Waals surface area contributed by atoms with Crippen molar-refractivity contribution in [1.82, 2.24) is 10.1 Å². The van der Waals surface area contributed by atoms with Crippen LogP contribution in [0.25, 0.3) is 21.5 Å². The SMILES string of the molecule is Cc1[c]cc2onc(CCc3sc(-c4ccc(C(F)(F)F)cc4)nc3C(C)C)c2c1. The van der Waals surface area contributed by atoms with E-state index in [0.717, 1.165) is 56.4 Å². The van der Waals surface area contributed by atoms with Gasteiger partial charge >= 0.3 is 6.18 Å². The van der Waals surface area contributed by atoms with Crippen LogP contribution in [-0.2, 0) is 19.0 Å². The lowest BCUT2D eigenvalue weighted by Gasteiger charge is -2.06. The second-order valence-electron chi connectivity index (χ2n) is 7.58. The van der Waals surface area contributed by atoms with E-state index in [0.29, 0.717) is 12.0 Å². The number of aromatic nitrogens is 2. The molecule has 0 aliphatic heterocycles. The number of halogens is 3. The maximum atomic E-state index is 12.8. The second-order valence-corrected chi connectivity index (χ2v) is 8.66. The van der Waals surface area contributed by atoms with Crippen molar-refractivity contribution in [1.29, 1.82) is 0 Å². The first-order valence-electron chi connectivity index (χ1n) is 9.66. The standard InChI is InChI=1S/C23H20F3N2OS/c1-13(2)21-20(11-9-18-17-12-14(3)4-10-19(17)29-28-18)30-22(27-21)15-5-7-16(8-6-15)23(24,25)26/h5-8,10,12-13H,9,11H2,1-3H3. The molecule has 4 rings (SSSR count). The maximum Gasteiger partial charge on any atom is 0.416 e. The third-order valence-electron chi connectivity index (χ3n) is 4.94. The molecular formula is C23H20F3N2OS. The predicted molar refractivity (Wildman–Crippen MR) is 112 cm³/mol. The van der Waals surface area contributed by atoms with Gasteiger partial charge in [0.2, 0.25) is 0 Å². The van der Waals surface area contributed by atoms with Crippen LogP contribution >= 0.6 is 11.3 Å². The van der Waals surface area contributed by atoms with Crippen molar-refractivity contribution in [3.05, 3.63) is 69.9 Å². The number of thiazole rings is 1. The summed E-state index contributed by atoms with van der Waals surface area (Å²) in [7, 11) is 0. The number of fused-ring (bicyclic) bond motifs is 1. The molecule has 0 spiro atoms. The van der Waals surface area contributed by atoms with Gasteiger partial charge in [-0.1, -0.05) is 31.1 Å². The van der Waals surface area contributed by atoms with Gasteiger partial charge in [-0.3, -0.25) is 0 Å². The summed E-state index contributed by atoms with van der Waals surface area (Å²) in [6, 6.07) is 12.1. The van der Waals surface area contributed by atoms with Crippen LogP contribution in [0.2, 0.25) is 0 Å². The molecule has 0 saturated heterocycles. The van der Waals surface area contributed by atoms with Gasteiger partial charge in [0.05, 0.1) is 17.0 Å². The fourth-order valence-electron chi connectivity index (χ4n) is 3.37. The molecule has 7 heteroatoms. The number of aryl methyl sites for hydroxylation is 3. The molecule has 155 valence electrons. The summed E-state index contributed by atoms with van der Waals surface area (Å²) in [5, 5.41) is 5.93. The van der Waals surface area contributed by atoms with E-state index in [1.807, 2.05) is 13.0 Å². The fraction of sp³-hybridized carbons (Fsp3) is 0.304. The monoisotopic (exact) mass is 429 g/mol. The van der Waals surface area contributed by atoms with E-state index in [9.17, 15) is 13.2 Å². The Labute approximate surface area is 176 Å². The second kappa shape index (κ2) is 7.87.